The van der Waals surface area contributed by atoms with Gasteiger partial charge in [0.05, 0.1) is 5.39 Å². The molecule has 0 fully saturated rings. The fourth-order valence-corrected chi connectivity index (χ4v) is 9.89. The molecule has 4 nitrogen and oxygen atoms in total. The molecule has 0 aliphatic carbocycles. The SMILES string of the molecule is O=P(c1ccccc1)(c1ccccc1)c1ccc(-c2cc3oc4ccc5oc6ccccc6c5c4c3c3oc4ccccc4c23)cc1. The van der Waals surface area contributed by atoms with Crippen LogP contribution in [0.25, 0.3) is 76.9 Å². The highest BCUT2D eigenvalue weighted by atomic mass is 31.2. The van der Waals surface area contributed by atoms with Crippen LogP contribution in [0.2, 0.25) is 0 Å². The van der Waals surface area contributed by atoms with Crippen molar-refractivity contribution in [1.29, 1.82) is 0 Å². The Morgan fingerprint density at radius 1 is 0.383 bits per heavy atom. The van der Waals surface area contributed by atoms with Crippen LogP contribution in [0.15, 0.2) is 165 Å². The fraction of sp³-hybridized carbons (Fsp3) is 0. The predicted molar refractivity (Wildman–Crippen MR) is 193 cm³/mol. The van der Waals surface area contributed by atoms with Crippen LogP contribution in [-0.4, -0.2) is 0 Å². The lowest BCUT2D eigenvalue weighted by Gasteiger charge is -2.20. The van der Waals surface area contributed by atoms with Gasteiger partial charge in [-0.3, -0.25) is 0 Å². The lowest BCUT2D eigenvalue weighted by molar-refractivity contribution is 0.592. The predicted octanol–water partition coefficient (Wildman–Crippen LogP) is 10.7. The van der Waals surface area contributed by atoms with Crippen molar-refractivity contribution in [3.05, 3.63) is 152 Å². The molecule has 0 atom stereocenters. The summed E-state index contributed by atoms with van der Waals surface area (Å²) in [7, 11) is -3.11. The summed E-state index contributed by atoms with van der Waals surface area (Å²) in [5, 5.41) is 8.43. The highest BCUT2D eigenvalue weighted by Gasteiger charge is 2.30. The van der Waals surface area contributed by atoms with Crippen molar-refractivity contribution in [2.75, 3.05) is 0 Å². The van der Waals surface area contributed by atoms with Crippen LogP contribution >= 0.6 is 7.14 Å². The van der Waals surface area contributed by atoms with E-state index in [1.807, 2.05) is 121 Å². The fourth-order valence-electron chi connectivity index (χ4n) is 7.24. The van der Waals surface area contributed by atoms with Crippen LogP contribution in [-0.2, 0) is 4.57 Å². The summed E-state index contributed by atoms with van der Waals surface area (Å²) in [6, 6.07) is 50.0. The summed E-state index contributed by atoms with van der Waals surface area (Å²) < 4.78 is 34.6. The zero-order valence-electron chi connectivity index (χ0n) is 25.0. The molecule has 7 aromatic carbocycles. The van der Waals surface area contributed by atoms with Gasteiger partial charge in [-0.05, 0) is 41.5 Å². The van der Waals surface area contributed by atoms with Crippen LogP contribution in [0.1, 0.15) is 0 Å². The molecule has 3 aromatic heterocycles. The zero-order chi connectivity index (χ0) is 31.1. The van der Waals surface area contributed by atoms with E-state index in [1.165, 1.54) is 0 Å². The summed E-state index contributed by atoms with van der Waals surface area (Å²) in [6.07, 6.45) is 0. The van der Waals surface area contributed by atoms with E-state index >= 15 is 4.57 Å². The first-order chi connectivity index (χ1) is 23.2. The second-order valence-electron chi connectivity index (χ2n) is 11.9. The lowest BCUT2D eigenvalue weighted by atomic mass is 9.96. The number of para-hydroxylation sites is 2. The number of benzene rings is 7. The molecule has 5 heteroatoms. The molecule has 0 unspecified atom stereocenters. The summed E-state index contributed by atoms with van der Waals surface area (Å²) in [5.41, 5.74) is 6.73. The number of fused-ring (bicyclic) bond motifs is 11. The Morgan fingerprint density at radius 2 is 0.894 bits per heavy atom. The minimum atomic E-state index is -3.11. The average Bonchev–Trinajstić information content (AvgIpc) is 3.82. The van der Waals surface area contributed by atoms with Crippen molar-refractivity contribution in [1.82, 2.24) is 0 Å². The second kappa shape index (κ2) is 9.83. The van der Waals surface area contributed by atoms with Gasteiger partial charge in [-0.2, -0.15) is 0 Å². The van der Waals surface area contributed by atoms with Crippen molar-refractivity contribution >= 4 is 88.9 Å². The molecule has 222 valence electrons. The molecule has 3 heterocycles. The topological polar surface area (TPSA) is 56.5 Å². The van der Waals surface area contributed by atoms with E-state index in [4.69, 9.17) is 13.3 Å². The van der Waals surface area contributed by atoms with Gasteiger partial charge in [0.15, 0.2) is 7.14 Å². The van der Waals surface area contributed by atoms with Crippen LogP contribution < -0.4 is 15.9 Å². The maximum Gasteiger partial charge on any atom is 0.171 e. The maximum absolute atomic E-state index is 15.0. The first kappa shape index (κ1) is 26.4. The number of rotatable bonds is 4. The van der Waals surface area contributed by atoms with Gasteiger partial charge in [0, 0.05) is 42.8 Å². The quantitative estimate of drug-likeness (QED) is 0.183. The molecule has 0 saturated carbocycles. The molecule has 0 bridgehead atoms. The molecule has 0 radical (unpaired) electrons. The van der Waals surface area contributed by atoms with Gasteiger partial charge in [0.2, 0.25) is 0 Å². The van der Waals surface area contributed by atoms with Crippen LogP contribution in [0.5, 0.6) is 0 Å². The Morgan fingerprint density at radius 3 is 1.55 bits per heavy atom. The van der Waals surface area contributed by atoms with Crippen molar-refractivity contribution < 1.29 is 17.8 Å². The van der Waals surface area contributed by atoms with Gasteiger partial charge in [0.1, 0.15) is 33.5 Å². The third kappa shape index (κ3) is 3.74. The number of hydrogen-bond acceptors (Lipinski definition) is 4. The minimum absolute atomic E-state index is 0.739. The van der Waals surface area contributed by atoms with E-state index in [0.29, 0.717) is 0 Å². The Hall–Kier alpha value is -5.83. The van der Waals surface area contributed by atoms with Gasteiger partial charge in [-0.15, -0.1) is 0 Å². The molecular formula is C42H25O4P. The van der Waals surface area contributed by atoms with E-state index in [1.54, 1.807) is 0 Å². The molecule has 0 amide bonds. The maximum atomic E-state index is 15.0. The highest BCUT2D eigenvalue weighted by molar-refractivity contribution is 7.85. The molecule has 0 aliphatic heterocycles. The molecule has 10 aromatic rings. The largest absolute Gasteiger partial charge is 0.456 e. The van der Waals surface area contributed by atoms with Crippen molar-refractivity contribution in [3.8, 4) is 11.1 Å². The van der Waals surface area contributed by atoms with E-state index < -0.39 is 7.14 Å². The van der Waals surface area contributed by atoms with E-state index in [9.17, 15) is 0 Å². The third-order valence-electron chi connectivity index (χ3n) is 9.37. The molecular weight excluding hydrogens is 599 g/mol. The summed E-state index contributed by atoms with van der Waals surface area (Å²) >= 11 is 0. The van der Waals surface area contributed by atoms with Gasteiger partial charge in [0.25, 0.3) is 0 Å². The molecule has 0 saturated heterocycles. The Kier molecular flexibility index (Phi) is 5.52. The number of furan rings is 3. The summed E-state index contributed by atoms with van der Waals surface area (Å²) in [5.74, 6) is 0. The van der Waals surface area contributed by atoms with Gasteiger partial charge < -0.3 is 17.8 Å². The molecule has 0 aliphatic rings. The zero-order valence-corrected chi connectivity index (χ0v) is 25.9. The molecule has 10 rings (SSSR count). The minimum Gasteiger partial charge on any atom is -0.456 e. The van der Waals surface area contributed by atoms with Crippen LogP contribution in [0.4, 0.5) is 0 Å². The number of hydrogen-bond donors (Lipinski definition) is 0. The van der Waals surface area contributed by atoms with E-state index in [2.05, 4.69) is 30.3 Å². The molecule has 0 spiro atoms. The Bertz CT molecular complexity index is 2810. The average molecular weight is 625 g/mol. The van der Waals surface area contributed by atoms with Crippen LogP contribution in [0.3, 0.4) is 0 Å². The Balaban J connectivity index is 1.25. The monoisotopic (exact) mass is 624 g/mol. The summed E-state index contributed by atoms with van der Waals surface area (Å²) in [6.45, 7) is 0. The second-order valence-corrected chi connectivity index (χ2v) is 14.7. The first-order valence-electron chi connectivity index (χ1n) is 15.6. The molecule has 0 N–H and O–H groups in total. The van der Waals surface area contributed by atoms with Gasteiger partial charge in [-0.1, -0.05) is 121 Å². The smallest absolute Gasteiger partial charge is 0.171 e. The standard InChI is InChI=1S/C42H25O4P/c43-47(27-11-3-1-4-12-27,28-13-5-2-6-14-28)29-21-19-26(20-22-29)32-25-37-41(42-38(32)30-15-7-10-18-34(30)46-42)40-36(45-37)24-23-35-39(40)31-16-8-9-17-33(31)44-35/h1-25H. The van der Waals surface area contributed by atoms with E-state index in [0.717, 1.165) is 92.9 Å². The summed E-state index contributed by atoms with van der Waals surface area (Å²) in [4.78, 5) is 0. The first-order valence-corrected chi connectivity index (χ1v) is 17.3. The van der Waals surface area contributed by atoms with Gasteiger partial charge >= 0.3 is 0 Å². The lowest BCUT2D eigenvalue weighted by Crippen LogP contribution is -2.24. The Labute approximate surface area is 268 Å². The normalized spacial score (nSPS) is 12.3. The van der Waals surface area contributed by atoms with Crippen molar-refractivity contribution in [2.24, 2.45) is 0 Å². The van der Waals surface area contributed by atoms with Crippen LogP contribution in [0, 0.1) is 0 Å². The van der Waals surface area contributed by atoms with Crippen molar-refractivity contribution in [3.63, 3.8) is 0 Å². The third-order valence-corrected chi connectivity index (χ3v) is 12.4. The molecule has 47 heavy (non-hydrogen) atoms. The highest BCUT2D eigenvalue weighted by Crippen LogP contribution is 2.48. The van der Waals surface area contributed by atoms with Crippen molar-refractivity contribution in [2.45, 2.75) is 0 Å². The van der Waals surface area contributed by atoms with E-state index in [-0.39, 0.29) is 0 Å². The van der Waals surface area contributed by atoms with Gasteiger partial charge in [-0.25, -0.2) is 0 Å².